The largest absolute Gasteiger partial charge is 0.381 e. The molecule has 1 amide bonds. The van der Waals surface area contributed by atoms with Crippen LogP contribution in [0.5, 0.6) is 0 Å². The summed E-state index contributed by atoms with van der Waals surface area (Å²) in [6, 6.07) is 0.469. The van der Waals surface area contributed by atoms with Gasteiger partial charge in [0.15, 0.2) is 0 Å². The molecule has 4 unspecified atom stereocenters. The van der Waals surface area contributed by atoms with Crippen LogP contribution in [0, 0.1) is 17.8 Å². The van der Waals surface area contributed by atoms with E-state index in [-0.39, 0.29) is 12.0 Å². The quantitative estimate of drug-likeness (QED) is 0.797. The van der Waals surface area contributed by atoms with Gasteiger partial charge in [0, 0.05) is 32.3 Å². The van der Waals surface area contributed by atoms with Crippen LogP contribution in [0.2, 0.25) is 0 Å². The minimum atomic E-state index is 0.0941. The molecule has 0 aromatic carbocycles. The van der Waals surface area contributed by atoms with Crippen LogP contribution < -0.4 is 5.73 Å². The Balaban J connectivity index is 1.66. The SMILES string of the molecule is CN(C(=O)C1C2CCC(C2)C1N)C1CCOCC1. The summed E-state index contributed by atoms with van der Waals surface area (Å²) in [5, 5.41) is 0. The predicted octanol–water partition coefficient (Wildman–Crippen LogP) is 0.997. The number of fused-ring (bicyclic) bond motifs is 2. The average Bonchev–Trinajstić information content (AvgIpc) is 2.99. The van der Waals surface area contributed by atoms with Gasteiger partial charge in [0.2, 0.25) is 5.91 Å². The van der Waals surface area contributed by atoms with Crippen molar-refractivity contribution in [3.63, 3.8) is 0 Å². The van der Waals surface area contributed by atoms with Gasteiger partial charge < -0.3 is 15.4 Å². The number of amides is 1. The molecule has 0 aromatic heterocycles. The van der Waals surface area contributed by atoms with Gasteiger partial charge >= 0.3 is 0 Å². The summed E-state index contributed by atoms with van der Waals surface area (Å²) in [6.45, 7) is 1.57. The molecule has 102 valence electrons. The van der Waals surface area contributed by atoms with Gasteiger partial charge in [0.25, 0.3) is 0 Å². The zero-order valence-corrected chi connectivity index (χ0v) is 11.2. The molecule has 0 aromatic rings. The van der Waals surface area contributed by atoms with Gasteiger partial charge in [0.05, 0.1) is 5.92 Å². The molecular weight excluding hydrogens is 228 g/mol. The lowest BCUT2D eigenvalue weighted by Gasteiger charge is -2.36. The first-order valence-corrected chi connectivity index (χ1v) is 7.28. The Hall–Kier alpha value is -0.610. The number of nitrogens with zero attached hydrogens (tertiary/aromatic N) is 1. The fraction of sp³-hybridized carbons (Fsp3) is 0.929. The highest BCUT2D eigenvalue weighted by Gasteiger charge is 2.50. The highest BCUT2D eigenvalue weighted by molar-refractivity contribution is 5.80. The van der Waals surface area contributed by atoms with Crippen molar-refractivity contribution in [3.05, 3.63) is 0 Å². The summed E-state index contributed by atoms with van der Waals surface area (Å²) >= 11 is 0. The van der Waals surface area contributed by atoms with Gasteiger partial charge in [-0.15, -0.1) is 0 Å². The third kappa shape index (κ3) is 1.95. The van der Waals surface area contributed by atoms with Gasteiger partial charge in [-0.05, 0) is 43.9 Å². The van der Waals surface area contributed by atoms with E-state index in [1.807, 2.05) is 11.9 Å². The molecule has 1 heterocycles. The van der Waals surface area contributed by atoms with Crippen molar-refractivity contribution in [1.82, 2.24) is 4.90 Å². The summed E-state index contributed by atoms with van der Waals surface area (Å²) in [4.78, 5) is 14.6. The summed E-state index contributed by atoms with van der Waals surface area (Å²) in [5.41, 5.74) is 6.26. The number of nitrogens with two attached hydrogens (primary N) is 1. The minimum Gasteiger partial charge on any atom is -0.381 e. The second kappa shape index (κ2) is 4.82. The van der Waals surface area contributed by atoms with Crippen LogP contribution in [0.25, 0.3) is 0 Å². The Bertz CT molecular complexity index is 326. The Kier molecular flexibility index (Phi) is 3.32. The molecule has 1 aliphatic heterocycles. The third-order valence-electron chi connectivity index (χ3n) is 5.35. The van der Waals surface area contributed by atoms with E-state index >= 15 is 0 Å². The van der Waals surface area contributed by atoms with Crippen LogP contribution in [-0.2, 0) is 9.53 Å². The second-order valence-electron chi connectivity index (χ2n) is 6.23. The molecule has 0 spiro atoms. The number of rotatable bonds is 2. The van der Waals surface area contributed by atoms with Gasteiger partial charge in [-0.25, -0.2) is 0 Å². The van der Waals surface area contributed by atoms with E-state index in [0.717, 1.165) is 26.1 Å². The molecule has 2 aliphatic carbocycles. The normalized spacial score (nSPS) is 40.1. The van der Waals surface area contributed by atoms with Crippen LogP contribution in [0.15, 0.2) is 0 Å². The van der Waals surface area contributed by atoms with Crippen molar-refractivity contribution in [3.8, 4) is 0 Å². The van der Waals surface area contributed by atoms with E-state index in [2.05, 4.69) is 0 Å². The maximum absolute atomic E-state index is 12.6. The van der Waals surface area contributed by atoms with Crippen LogP contribution in [-0.4, -0.2) is 43.2 Å². The molecule has 3 aliphatic rings. The lowest BCUT2D eigenvalue weighted by atomic mass is 9.83. The molecule has 4 nitrogen and oxygen atoms in total. The molecular formula is C14H24N2O2. The van der Waals surface area contributed by atoms with E-state index in [0.29, 0.717) is 23.8 Å². The Morgan fingerprint density at radius 1 is 1.17 bits per heavy atom. The molecule has 3 fully saturated rings. The van der Waals surface area contributed by atoms with Gasteiger partial charge in [-0.2, -0.15) is 0 Å². The number of carbonyl (C=O) groups excluding carboxylic acids is 1. The molecule has 18 heavy (non-hydrogen) atoms. The zero-order valence-electron chi connectivity index (χ0n) is 11.2. The van der Waals surface area contributed by atoms with Crippen LogP contribution in [0.3, 0.4) is 0 Å². The van der Waals surface area contributed by atoms with Crippen molar-refractivity contribution < 1.29 is 9.53 Å². The number of ether oxygens (including phenoxy) is 1. The summed E-state index contributed by atoms with van der Waals surface area (Å²) in [6.07, 6.45) is 5.56. The lowest BCUT2D eigenvalue weighted by Crippen LogP contribution is -2.50. The van der Waals surface area contributed by atoms with Crippen LogP contribution in [0.1, 0.15) is 32.1 Å². The van der Waals surface area contributed by atoms with Gasteiger partial charge in [-0.3, -0.25) is 4.79 Å². The standard InChI is InChI=1S/C14H24N2O2/c1-16(11-4-6-18-7-5-11)14(17)12-9-2-3-10(8-9)13(12)15/h9-13H,2-8,15H2,1H3. The Labute approximate surface area is 109 Å². The monoisotopic (exact) mass is 252 g/mol. The van der Waals surface area contributed by atoms with Crippen LogP contribution >= 0.6 is 0 Å². The molecule has 4 atom stereocenters. The Morgan fingerprint density at radius 2 is 1.83 bits per heavy atom. The molecule has 0 radical (unpaired) electrons. The first-order chi connectivity index (χ1) is 8.68. The van der Waals surface area contributed by atoms with E-state index in [1.54, 1.807) is 0 Å². The number of hydrogen-bond donors (Lipinski definition) is 1. The second-order valence-corrected chi connectivity index (χ2v) is 6.23. The fourth-order valence-corrected chi connectivity index (χ4v) is 4.19. The Morgan fingerprint density at radius 3 is 2.44 bits per heavy atom. The number of hydrogen-bond acceptors (Lipinski definition) is 3. The average molecular weight is 252 g/mol. The van der Waals surface area contributed by atoms with E-state index in [1.165, 1.54) is 19.3 Å². The summed E-state index contributed by atoms with van der Waals surface area (Å²) in [7, 11) is 1.96. The topological polar surface area (TPSA) is 55.6 Å². The molecule has 4 heteroatoms. The maximum atomic E-state index is 12.6. The van der Waals surface area contributed by atoms with Crippen molar-refractivity contribution in [1.29, 1.82) is 0 Å². The first kappa shape index (κ1) is 12.4. The smallest absolute Gasteiger partial charge is 0.227 e. The molecule has 2 N–H and O–H groups in total. The van der Waals surface area contributed by atoms with E-state index in [9.17, 15) is 4.79 Å². The van der Waals surface area contributed by atoms with Gasteiger partial charge in [0.1, 0.15) is 0 Å². The van der Waals surface area contributed by atoms with Crippen LogP contribution in [0.4, 0.5) is 0 Å². The zero-order chi connectivity index (χ0) is 12.7. The van der Waals surface area contributed by atoms with Gasteiger partial charge in [-0.1, -0.05) is 0 Å². The molecule has 3 rings (SSSR count). The highest BCUT2D eigenvalue weighted by atomic mass is 16.5. The molecule has 1 saturated heterocycles. The highest BCUT2D eigenvalue weighted by Crippen LogP contribution is 2.48. The fourth-order valence-electron chi connectivity index (χ4n) is 4.19. The summed E-state index contributed by atoms with van der Waals surface area (Å²) in [5.74, 6) is 1.55. The van der Waals surface area contributed by atoms with Crippen molar-refractivity contribution in [2.75, 3.05) is 20.3 Å². The van der Waals surface area contributed by atoms with E-state index < -0.39 is 0 Å². The van der Waals surface area contributed by atoms with E-state index in [4.69, 9.17) is 10.5 Å². The molecule has 2 saturated carbocycles. The van der Waals surface area contributed by atoms with Crippen molar-refractivity contribution in [2.45, 2.75) is 44.2 Å². The molecule has 2 bridgehead atoms. The number of carbonyl (C=O) groups is 1. The predicted molar refractivity (Wildman–Crippen MR) is 68.9 cm³/mol. The lowest BCUT2D eigenvalue weighted by molar-refractivity contribution is -0.140. The summed E-state index contributed by atoms with van der Waals surface area (Å²) < 4.78 is 5.36. The minimum absolute atomic E-state index is 0.0941. The third-order valence-corrected chi connectivity index (χ3v) is 5.35. The van der Waals surface area contributed by atoms with Crippen molar-refractivity contribution >= 4 is 5.91 Å². The first-order valence-electron chi connectivity index (χ1n) is 7.28. The maximum Gasteiger partial charge on any atom is 0.227 e. The van der Waals surface area contributed by atoms with Crippen molar-refractivity contribution in [2.24, 2.45) is 23.5 Å².